The zero-order valence-corrected chi connectivity index (χ0v) is 15.1. The molecule has 3 heteroatoms. The van der Waals surface area contributed by atoms with Crippen molar-refractivity contribution in [2.24, 2.45) is 5.92 Å². The first-order valence-electron chi connectivity index (χ1n) is 9.20. The standard InChI is InChI=1S/C22H28O3/c1-3-20-22(25-16-19-12-8-5-9-13-19)21(17(2)14-23-20)24-15-18-10-6-4-7-11-18/h4-13,17,20-22H,3,14-16H2,1-2H3/t17?,20?,21-,22+/m0/s1. The zero-order valence-electron chi connectivity index (χ0n) is 15.1. The van der Waals surface area contributed by atoms with Crippen molar-refractivity contribution in [1.29, 1.82) is 0 Å². The maximum atomic E-state index is 6.31. The van der Waals surface area contributed by atoms with E-state index < -0.39 is 0 Å². The molecule has 0 aliphatic carbocycles. The van der Waals surface area contributed by atoms with Gasteiger partial charge in [0.1, 0.15) is 6.10 Å². The second kappa shape index (κ2) is 9.14. The second-order valence-electron chi connectivity index (χ2n) is 6.78. The van der Waals surface area contributed by atoms with Gasteiger partial charge in [-0.25, -0.2) is 0 Å². The van der Waals surface area contributed by atoms with Gasteiger partial charge in [0.15, 0.2) is 0 Å². The normalized spacial score (nSPS) is 26.5. The van der Waals surface area contributed by atoms with Gasteiger partial charge < -0.3 is 14.2 Å². The predicted octanol–water partition coefficient (Wildman–Crippen LogP) is 4.60. The van der Waals surface area contributed by atoms with Gasteiger partial charge >= 0.3 is 0 Å². The number of ether oxygens (including phenoxy) is 3. The van der Waals surface area contributed by atoms with Crippen LogP contribution < -0.4 is 0 Å². The van der Waals surface area contributed by atoms with Crippen LogP contribution in [0.3, 0.4) is 0 Å². The summed E-state index contributed by atoms with van der Waals surface area (Å²) in [6.07, 6.45) is 1.01. The maximum absolute atomic E-state index is 6.31. The third-order valence-electron chi connectivity index (χ3n) is 4.80. The van der Waals surface area contributed by atoms with E-state index in [1.165, 1.54) is 11.1 Å². The Balaban J connectivity index is 1.67. The Labute approximate surface area is 150 Å². The molecular formula is C22H28O3. The minimum atomic E-state index is -0.0438. The Morgan fingerprint density at radius 1 is 0.840 bits per heavy atom. The summed E-state index contributed by atoms with van der Waals surface area (Å²) in [6.45, 7) is 6.25. The Morgan fingerprint density at radius 2 is 1.36 bits per heavy atom. The van der Waals surface area contributed by atoms with Gasteiger partial charge in [-0.3, -0.25) is 0 Å². The number of hydrogen-bond acceptors (Lipinski definition) is 3. The van der Waals surface area contributed by atoms with Crippen molar-refractivity contribution in [2.45, 2.75) is 51.8 Å². The highest BCUT2D eigenvalue weighted by molar-refractivity contribution is 5.14. The third kappa shape index (κ3) is 4.91. The topological polar surface area (TPSA) is 27.7 Å². The van der Waals surface area contributed by atoms with E-state index in [-0.39, 0.29) is 18.3 Å². The Morgan fingerprint density at radius 3 is 1.88 bits per heavy atom. The largest absolute Gasteiger partial charge is 0.375 e. The van der Waals surface area contributed by atoms with Crippen molar-refractivity contribution < 1.29 is 14.2 Å². The molecule has 0 spiro atoms. The van der Waals surface area contributed by atoms with E-state index in [1.807, 2.05) is 36.4 Å². The molecule has 4 atom stereocenters. The molecule has 3 rings (SSSR count). The van der Waals surface area contributed by atoms with Crippen molar-refractivity contribution in [1.82, 2.24) is 0 Å². The fraction of sp³-hybridized carbons (Fsp3) is 0.455. The van der Waals surface area contributed by atoms with E-state index in [9.17, 15) is 0 Å². The molecule has 0 radical (unpaired) electrons. The summed E-state index contributed by atoms with van der Waals surface area (Å²) in [7, 11) is 0. The molecule has 0 N–H and O–H groups in total. The summed E-state index contributed by atoms with van der Waals surface area (Å²) < 4.78 is 18.6. The molecule has 0 aromatic heterocycles. The molecule has 1 fully saturated rings. The molecule has 25 heavy (non-hydrogen) atoms. The van der Waals surface area contributed by atoms with Crippen LogP contribution >= 0.6 is 0 Å². The highest BCUT2D eigenvalue weighted by atomic mass is 16.6. The quantitative estimate of drug-likeness (QED) is 0.737. The van der Waals surface area contributed by atoms with Gasteiger partial charge in [0, 0.05) is 5.92 Å². The van der Waals surface area contributed by atoms with Crippen LogP contribution in [0, 0.1) is 5.92 Å². The molecular weight excluding hydrogens is 312 g/mol. The van der Waals surface area contributed by atoms with Crippen molar-refractivity contribution in [3.05, 3.63) is 71.8 Å². The smallest absolute Gasteiger partial charge is 0.110 e. The Hall–Kier alpha value is -1.68. The van der Waals surface area contributed by atoms with Crippen LogP contribution in [0.1, 0.15) is 31.4 Å². The van der Waals surface area contributed by atoms with Crippen molar-refractivity contribution in [2.75, 3.05) is 6.61 Å². The van der Waals surface area contributed by atoms with Gasteiger partial charge in [-0.1, -0.05) is 74.5 Å². The van der Waals surface area contributed by atoms with Crippen LogP contribution in [0.15, 0.2) is 60.7 Å². The van der Waals surface area contributed by atoms with Gasteiger partial charge in [0.05, 0.1) is 32.0 Å². The molecule has 2 aromatic rings. The molecule has 2 aromatic carbocycles. The van der Waals surface area contributed by atoms with E-state index in [0.717, 1.165) is 13.0 Å². The Kier molecular flexibility index (Phi) is 6.62. The van der Waals surface area contributed by atoms with Gasteiger partial charge in [0.25, 0.3) is 0 Å². The summed E-state index contributed by atoms with van der Waals surface area (Å²) in [6, 6.07) is 20.6. The highest BCUT2D eigenvalue weighted by Gasteiger charge is 2.39. The summed E-state index contributed by atoms with van der Waals surface area (Å²) in [5, 5.41) is 0. The van der Waals surface area contributed by atoms with Crippen LogP contribution in [0.5, 0.6) is 0 Å². The van der Waals surface area contributed by atoms with Crippen LogP contribution in [-0.2, 0) is 27.4 Å². The fourth-order valence-electron chi connectivity index (χ4n) is 3.35. The first-order valence-corrected chi connectivity index (χ1v) is 9.20. The van der Waals surface area contributed by atoms with Gasteiger partial charge in [-0.15, -0.1) is 0 Å². The van der Waals surface area contributed by atoms with Crippen LogP contribution in [-0.4, -0.2) is 24.9 Å². The molecule has 134 valence electrons. The van der Waals surface area contributed by atoms with Crippen molar-refractivity contribution in [3.63, 3.8) is 0 Å². The predicted molar refractivity (Wildman–Crippen MR) is 99.2 cm³/mol. The molecule has 1 aliphatic heterocycles. The SMILES string of the molecule is CCC1OCC(C)[C@H](OCc2ccccc2)[C@@H]1OCc1ccccc1. The fourth-order valence-corrected chi connectivity index (χ4v) is 3.35. The first-order chi connectivity index (χ1) is 12.3. The lowest BCUT2D eigenvalue weighted by Crippen LogP contribution is -2.51. The lowest BCUT2D eigenvalue weighted by Gasteiger charge is -2.41. The minimum absolute atomic E-state index is 0.0438. The highest BCUT2D eigenvalue weighted by Crippen LogP contribution is 2.28. The van der Waals surface area contributed by atoms with Crippen molar-refractivity contribution in [3.8, 4) is 0 Å². The summed E-state index contributed by atoms with van der Waals surface area (Å²) >= 11 is 0. The van der Waals surface area contributed by atoms with E-state index in [1.54, 1.807) is 0 Å². The monoisotopic (exact) mass is 340 g/mol. The summed E-state index contributed by atoms with van der Waals surface area (Å²) in [5.74, 6) is 0.312. The summed E-state index contributed by atoms with van der Waals surface area (Å²) in [5.41, 5.74) is 2.37. The molecule has 0 bridgehead atoms. The molecule has 1 aliphatic rings. The van der Waals surface area contributed by atoms with E-state index in [0.29, 0.717) is 19.1 Å². The van der Waals surface area contributed by atoms with Gasteiger partial charge in [-0.05, 0) is 17.5 Å². The minimum Gasteiger partial charge on any atom is -0.375 e. The van der Waals surface area contributed by atoms with Gasteiger partial charge in [0.2, 0.25) is 0 Å². The number of rotatable bonds is 7. The molecule has 3 nitrogen and oxygen atoms in total. The molecule has 1 heterocycles. The number of hydrogen-bond donors (Lipinski definition) is 0. The third-order valence-corrected chi connectivity index (χ3v) is 4.80. The average molecular weight is 340 g/mol. The number of benzene rings is 2. The Bertz CT molecular complexity index is 614. The summed E-state index contributed by atoms with van der Waals surface area (Å²) in [4.78, 5) is 0. The van der Waals surface area contributed by atoms with E-state index in [2.05, 4.69) is 38.1 Å². The maximum Gasteiger partial charge on any atom is 0.110 e. The van der Waals surface area contributed by atoms with Gasteiger partial charge in [-0.2, -0.15) is 0 Å². The molecule has 1 saturated heterocycles. The van der Waals surface area contributed by atoms with Crippen LogP contribution in [0.2, 0.25) is 0 Å². The van der Waals surface area contributed by atoms with E-state index >= 15 is 0 Å². The van der Waals surface area contributed by atoms with Crippen molar-refractivity contribution >= 4 is 0 Å². The lowest BCUT2D eigenvalue weighted by molar-refractivity contribution is -0.205. The zero-order chi connectivity index (χ0) is 17.5. The molecule has 0 saturated carbocycles. The first kappa shape index (κ1) is 18.1. The molecule has 2 unspecified atom stereocenters. The molecule has 0 amide bonds. The average Bonchev–Trinajstić information content (AvgIpc) is 2.67. The van der Waals surface area contributed by atoms with E-state index in [4.69, 9.17) is 14.2 Å². The second-order valence-corrected chi connectivity index (χ2v) is 6.78. The lowest BCUT2D eigenvalue weighted by atomic mass is 9.92. The van der Waals surface area contributed by atoms with Crippen LogP contribution in [0.4, 0.5) is 0 Å². The van der Waals surface area contributed by atoms with Crippen LogP contribution in [0.25, 0.3) is 0 Å².